The van der Waals surface area contributed by atoms with Gasteiger partial charge in [-0.05, 0) is 37.7 Å². The Morgan fingerprint density at radius 1 is 1.36 bits per heavy atom. The van der Waals surface area contributed by atoms with Crippen molar-refractivity contribution in [3.05, 3.63) is 34.3 Å². The molecule has 1 aromatic rings. The van der Waals surface area contributed by atoms with E-state index in [-0.39, 0.29) is 0 Å². The van der Waals surface area contributed by atoms with Gasteiger partial charge in [0, 0.05) is 5.02 Å². The van der Waals surface area contributed by atoms with E-state index in [1.54, 1.807) is 0 Å². The van der Waals surface area contributed by atoms with Crippen LogP contribution in [-0.4, -0.2) is 20.7 Å². The van der Waals surface area contributed by atoms with Gasteiger partial charge in [-0.25, -0.2) is 0 Å². The number of ether oxygens (including phenoxy) is 1. The summed E-state index contributed by atoms with van der Waals surface area (Å²) in [5.41, 5.74) is 2.50. The molecule has 3 heteroatoms. The quantitative estimate of drug-likeness (QED) is 0.714. The summed E-state index contributed by atoms with van der Waals surface area (Å²) >= 11 is 5.96. The number of nitrogens with one attached hydrogen (secondary N) is 1. The molecule has 2 rings (SSSR count). The van der Waals surface area contributed by atoms with E-state index in [2.05, 4.69) is 11.4 Å². The molecule has 0 saturated carbocycles. The van der Waals surface area contributed by atoms with Gasteiger partial charge in [0.25, 0.3) is 0 Å². The van der Waals surface area contributed by atoms with Crippen LogP contribution in [0, 0.1) is 0 Å². The minimum absolute atomic E-state index is 0.676. The highest BCUT2D eigenvalue weighted by molar-refractivity contribution is 6.31. The largest absolute Gasteiger partial charge is 0.376 e. The Balaban J connectivity index is 0.000000293. The summed E-state index contributed by atoms with van der Waals surface area (Å²) in [6.45, 7) is 1.50. The third-order valence-electron chi connectivity index (χ3n) is 1.98. The fourth-order valence-electron chi connectivity index (χ4n) is 1.36. The monoisotopic (exact) mass is 213 g/mol. The highest BCUT2D eigenvalue weighted by Gasteiger charge is 2.10. The predicted octanol–water partition coefficient (Wildman–Crippen LogP) is 2.25. The highest BCUT2D eigenvalue weighted by Crippen LogP contribution is 2.24. The lowest BCUT2D eigenvalue weighted by molar-refractivity contribution is 0.111. The Morgan fingerprint density at radius 2 is 2.07 bits per heavy atom. The molecule has 0 radical (unpaired) electrons. The van der Waals surface area contributed by atoms with Gasteiger partial charge in [-0.3, -0.25) is 0 Å². The molecule has 1 N–H and O–H groups in total. The summed E-state index contributed by atoms with van der Waals surface area (Å²) < 4.78 is 5.29. The van der Waals surface area contributed by atoms with Crippen molar-refractivity contribution < 1.29 is 4.74 Å². The lowest BCUT2D eigenvalue weighted by Gasteiger charge is -2.16. The van der Waals surface area contributed by atoms with Crippen molar-refractivity contribution in [3.8, 4) is 0 Å². The fourth-order valence-corrected chi connectivity index (χ4v) is 1.60. The van der Waals surface area contributed by atoms with Crippen molar-refractivity contribution in [2.45, 2.75) is 13.0 Å². The standard InChI is InChI=1S/C9H9ClO.C2H7N/c10-9-3-1-2-7-4-5-11-6-8(7)9;1-3-2/h1-3H,4-6H2;3H,1-2H3. The van der Waals surface area contributed by atoms with Crippen LogP contribution in [0.2, 0.25) is 5.02 Å². The second-order valence-electron chi connectivity index (χ2n) is 3.18. The van der Waals surface area contributed by atoms with Crippen LogP contribution in [0.3, 0.4) is 0 Å². The fraction of sp³-hybridized carbons (Fsp3) is 0.455. The molecule has 1 aliphatic rings. The van der Waals surface area contributed by atoms with Crippen molar-refractivity contribution in [2.75, 3.05) is 20.7 Å². The van der Waals surface area contributed by atoms with Crippen molar-refractivity contribution in [2.24, 2.45) is 0 Å². The molecular weight excluding hydrogens is 198 g/mol. The van der Waals surface area contributed by atoms with Crippen molar-refractivity contribution in [3.63, 3.8) is 0 Å². The van der Waals surface area contributed by atoms with Crippen molar-refractivity contribution in [1.29, 1.82) is 0 Å². The number of hydrogen-bond acceptors (Lipinski definition) is 2. The van der Waals surface area contributed by atoms with Crippen LogP contribution >= 0.6 is 11.6 Å². The van der Waals surface area contributed by atoms with E-state index >= 15 is 0 Å². The van der Waals surface area contributed by atoms with Crippen LogP contribution in [0.25, 0.3) is 0 Å². The summed E-state index contributed by atoms with van der Waals surface area (Å²) in [4.78, 5) is 0. The van der Waals surface area contributed by atoms with Crippen LogP contribution in [0.5, 0.6) is 0 Å². The van der Waals surface area contributed by atoms with Gasteiger partial charge in [0.15, 0.2) is 0 Å². The van der Waals surface area contributed by atoms with Gasteiger partial charge in [-0.2, -0.15) is 0 Å². The van der Waals surface area contributed by atoms with Crippen LogP contribution < -0.4 is 5.32 Å². The van der Waals surface area contributed by atoms with Gasteiger partial charge < -0.3 is 10.1 Å². The molecule has 0 atom stereocenters. The molecule has 0 spiro atoms. The maximum Gasteiger partial charge on any atom is 0.0734 e. The first kappa shape index (κ1) is 11.5. The van der Waals surface area contributed by atoms with Crippen LogP contribution in [0.15, 0.2) is 18.2 Å². The lowest BCUT2D eigenvalue weighted by Crippen LogP contribution is -2.09. The van der Waals surface area contributed by atoms with E-state index in [9.17, 15) is 0 Å². The summed E-state index contributed by atoms with van der Waals surface area (Å²) in [6, 6.07) is 6.02. The lowest BCUT2D eigenvalue weighted by atomic mass is 10.0. The van der Waals surface area contributed by atoms with Crippen LogP contribution in [0.1, 0.15) is 11.1 Å². The molecule has 0 aromatic heterocycles. The molecule has 0 fully saturated rings. The molecular formula is C11H16ClNO. The summed E-state index contributed by atoms with van der Waals surface area (Å²) in [6.07, 6.45) is 0.996. The Morgan fingerprint density at radius 3 is 2.71 bits per heavy atom. The van der Waals surface area contributed by atoms with E-state index in [4.69, 9.17) is 16.3 Å². The molecule has 2 nitrogen and oxygen atoms in total. The molecule has 1 heterocycles. The Kier molecular flexibility index (Phi) is 4.94. The molecule has 1 aromatic carbocycles. The van der Waals surface area contributed by atoms with Gasteiger partial charge in [-0.15, -0.1) is 0 Å². The highest BCUT2D eigenvalue weighted by atomic mass is 35.5. The zero-order valence-corrected chi connectivity index (χ0v) is 9.40. The average molecular weight is 214 g/mol. The number of rotatable bonds is 0. The second-order valence-corrected chi connectivity index (χ2v) is 3.59. The molecule has 0 saturated heterocycles. The topological polar surface area (TPSA) is 21.3 Å². The van der Waals surface area contributed by atoms with Crippen LogP contribution in [-0.2, 0) is 17.8 Å². The minimum atomic E-state index is 0.676. The summed E-state index contributed by atoms with van der Waals surface area (Å²) in [7, 11) is 3.75. The van der Waals surface area contributed by atoms with Crippen molar-refractivity contribution >= 4 is 11.6 Å². The van der Waals surface area contributed by atoms with Crippen molar-refractivity contribution in [1.82, 2.24) is 5.32 Å². The summed E-state index contributed by atoms with van der Waals surface area (Å²) in [5, 5.41) is 3.59. The average Bonchev–Trinajstić information content (AvgIpc) is 2.20. The third-order valence-corrected chi connectivity index (χ3v) is 2.33. The molecule has 0 aliphatic carbocycles. The number of fused-ring (bicyclic) bond motifs is 1. The zero-order chi connectivity index (χ0) is 10.4. The number of halogens is 1. The van der Waals surface area contributed by atoms with Gasteiger partial charge >= 0.3 is 0 Å². The smallest absolute Gasteiger partial charge is 0.0734 e. The van der Waals surface area contributed by atoms with E-state index in [0.29, 0.717) is 6.61 Å². The molecule has 0 unspecified atom stereocenters. The first-order chi connectivity index (χ1) is 6.79. The van der Waals surface area contributed by atoms with E-state index in [0.717, 1.165) is 18.1 Å². The van der Waals surface area contributed by atoms with Gasteiger partial charge in [0.2, 0.25) is 0 Å². The number of hydrogen-bond donors (Lipinski definition) is 1. The molecule has 78 valence electrons. The predicted molar refractivity (Wildman–Crippen MR) is 59.8 cm³/mol. The maximum atomic E-state index is 5.96. The molecule has 14 heavy (non-hydrogen) atoms. The minimum Gasteiger partial charge on any atom is -0.376 e. The SMILES string of the molecule is CNC.Clc1cccc2c1COCC2. The second kappa shape index (κ2) is 6.02. The first-order valence-electron chi connectivity index (χ1n) is 4.72. The van der Waals surface area contributed by atoms with E-state index in [1.165, 1.54) is 11.1 Å². The maximum absolute atomic E-state index is 5.96. The molecule has 0 bridgehead atoms. The van der Waals surface area contributed by atoms with E-state index < -0.39 is 0 Å². The van der Waals surface area contributed by atoms with Crippen LogP contribution in [0.4, 0.5) is 0 Å². The van der Waals surface area contributed by atoms with Gasteiger partial charge in [0.05, 0.1) is 13.2 Å². The molecule has 0 amide bonds. The normalized spacial score (nSPS) is 13.9. The van der Waals surface area contributed by atoms with Gasteiger partial charge in [0.1, 0.15) is 0 Å². The first-order valence-corrected chi connectivity index (χ1v) is 5.10. The molecule has 1 aliphatic heterocycles. The Bertz CT molecular complexity index is 289. The summed E-state index contributed by atoms with van der Waals surface area (Å²) in [5.74, 6) is 0. The zero-order valence-electron chi connectivity index (χ0n) is 8.64. The Labute approximate surface area is 90.2 Å². The van der Waals surface area contributed by atoms with Gasteiger partial charge in [-0.1, -0.05) is 23.7 Å². The Hall–Kier alpha value is -0.570. The van der Waals surface area contributed by atoms with E-state index in [1.807, 2.05) is 26.2 Å². The third kappa shape index (κ3) is 2.98. The number of benzene rings is 1.